The van der Waals surface area contributed by atoms with E-state index in [0.717, 1.165) is 0 Å². The van der Waals surface area contributed by atoms with Crippen molar-refractivity contribution in [2.75, 3.05) is 6.61 Å². The fourth-order valence-corrected chi connectivity index (χ4v) is 7.31. The van der Waals surface area contributed by atoms with Crippen LogP contribution in [0.2, 0.25) is 0 Å². The van der Waals surface area contributed by atoms with Crippen molar-refractivity contribution in [2.24, 2.45) is 17.3 Å². The minimum atomic E-state index is -2.00. The minimum absolute atomic E-state index is 0.0767. The molecule has 4 N–H and O–H groups in total. The lowest BCUT2D eigenvalue weighted by Gasteiger charge is -2.66. The van der Waals surface area contributed by atoms with Gasteiger partial charge in [0.2, 0.25) is 0 Å². The van der Waals surface area contributed by atoms with Crippen LogP contribution in [-0.4, -0.2) is 86.5 Å². The van der Waals surface area contributed by atoms with Crippen LogP contribution in [-0.2, 0) is 23.8 Å². The van der Waals surface area contributed by atoms with Gasteiger partial charge in [-0.1, -0.05) is 25.1 Å². The van der Waals surface area contributed by atoms with E-state index < -0.39 is 76.7 Å². The third-order valence-corrected chi connectivity index (χ3v) is 9.50. The van der Waals surface area contributed by atoms with Crippen molar-refractivity contribution < 1.29 is 49.0 Å². The Morgan fingerprint density at radius 2 is 1.79 bits per heavy atom. The van der Waals surface area contributed by atoms with Gasteiger partial charge < -0.3 is 34.6 Å². The predicted octanol–water partition coefficient (Wildman–Crippen LogP) is 0.692. The monoisotopic (exact) mass is 530 g/mol. The lowest BCUT2D eigenvalue weighted by Crippen LogP contribution is -2.81. The van der Waals surface area contributed by atoms with Gasteiger partial charge in [0.15, 0.2) is 11.4 Å². The first-order valence-electron chi connectivity index (χ1n) is 12.9. The van der Waals surface area contributed by atoms with Crippen molar-refractivity contribution >= 4 is 17.7 Å². The number of fused-ring (bicyclic) bond motifs is 5. The van der Waals surface area contributed by atoms with Crippen molar-refractivity contribution in [3.05, 3.63) is 47.0 Å². The second-order valence-electron chi connectivity index (χ2n) is 11.4. The molecule has 1 aromatic carbocycles. The maximum absolute atomic E-state index is 14.1. The molecule has 2 bridgehead atoms. The Hall–Kier alpha value is -2.63. The average Bonchev–Trinajstić information content (AvgIpc) is 2.87. The van der Waals surface area contributed by atoms with E-state index in [1.54, 1.807) is 32.0 Å². The summed E-state index contributed by atoms with van der Waals surface area (Å²) in [5.41, 5.74) is -4.72. The number of benzene rings is 1. The summed E-state index contributed by atoms with van der Waals surface area (Å²) in [4.78, 5) is 40.0. The van der Waals surface area contributed by atoms with Gasteiger partial charge in [0.05, 0.1) is 35.7 Å². The third kappa shape index (κ3) is 3.54. The lowest BCUT2D eigenvalue weighted by atomic mass is 9.47. The molecule has 3 aliphatic carbocycles. The molecule has 2 saturated carbocycles. The molecular formula is C28H34O10. The van der Waals surface area contributed by atoms with Gasteiger partial charge in [0, 0.05) is 25.7 Å². The Morgan fingerprint density at radius 3 is 2.37 bits per heavy atom. The quantitative estimate of drug-likeness (QED) is 0.323. The van der Waals surface area contributed by atoms with Gasteiger partial charge >= 0.3 is 11.9 Å². The molecule has 0 amide bonds. The first-order chi connectivity index (χ1) is 17.8. The van der Waals surface area contributed by atoms with Gasteiger partial charge in [-0.25, -0.2) is 4.79 Å². The van der Waals surface area contributed by atoms with E-state index in [1.165, 1.54) is 26.0 Å². The first-order valence-corrected chi connectivity index (χ1v) is 12.9. The number of rotatable bonds is 3. The molecular weight excluding hydrogens is 496 g/mol. The molecule has 10 heteroatoms. The van der Waals surface area contributed by atoms with Crippen LogP contribution in [0.5, 0.6) is 0 Å². The second-order valence-corrected chi connectivity index (χ2v) is 11.4. The molecule has 206 valence electrons. The highest BCUT2D eigenvalue weighted by Gasteiger charge is 2.76. The molecule has 0 radical (unpaired) electrons. The molecule has 0 spiro atoms. The summed E-state index contributed by atoms with van der Waals surface area (Å²) in [5, 5.41) is 46.1. The van der Waals surface area contributed by atoms with Gasteiger partial charge in [-0.3, -0.25) is 9.59 Å². The highest BCUT2D eigenvalue weighted by molar-refractivity contribution is 5.93. The number of hydrogen-bond donors (Lipinski definition) is 4. The Labute approximate surface area is 220 Å². The van der Waals surface area contributed by atoms with E-state index in [-0.39, 0.29) is 30.6 Å². The number of carbonyl (C=O) groups excluding carboxylic acids is 3. The molecule has 1 heterocycles. The second kappa shape index (κ2) is 8.96. The van der Waals surface area contributed by atoms with Crippen LogP contribution in [0.25, 0.3) is 0 Å². The maximum Gasteiger partial charge on any atom is 0.338 e. The molecule has 10 nitrogen and oxygen atoms in total. The zero-order chi connectivity index (χ0) is 27.8. The lowest BCUT2D eigenvalue weighted by molar-refractivity contribution is -0.342. The highest BCUT2D eigenvalue weighted by atomic mass is 16.6. The number of esters is 2. The maximum atomic E-state index is 14.1. The van der Waals surface area contributed by atoms with E-state index in [4.69, 9.17) is 14.2 Å². The summed E-state index contributed by atoms with van der Waals surface area (Å²) in [5.74, 6) is -4.50. The van der Waals surface area contributed by atoms with Crippen LogP contribution in [0.3, 0.4) is 0 Å². The van der Waals surface area contributed by atoms with Crippen LogP contribution in [0.4, 0.5) is 0 Å². The molecule has 0 aromatic heterocycles. The van der Waals surface area contributed by atoms with Crippen molar-refractivity contribution in [3.63, 3.8) is 0 Å². The number of ketones is 1. The summed E-state index contributed by atoms with van der Waals surface area (Å²) in [7, 11) is 0. The zero-order valence-electron chi connectivity index (χ0n) is 21.8. The number of carbonyl (C=O) groups is 3. The van der Waals surface area contributed by atoms with Crippen molar-refractivity contribution in [2.45, 2.75) is 82.3 Å². The van der Waals surface area contributed by atoms with Crippen LogP contribution in [0.15, 0.2) is 41.5 Å². The molecule has 1 aliphatic heterocycles. The highest BCUT2D eigenvalue weighted by Crippen LogP contribution is 2.61. The summed E-state index contributed by atoms with van der Waals surface area (Å²) in [6.07, 6.45) is -7.12. The largest absolute Gasteiger partial charge is 0.455 e. The average molecular weight is 531 g/mol. The molecule has 1 saturated heterocycles. The van der Waals surface area contributed by atoms with Gasteiger partial charge in [-0.15, -0.1) is 0 Å². The van der Waals surface area contributed by atoms with Gasteiger partial charge in [-0.2, -0.15) is 0 Å². The zero-order valence-corrected chi connectivity index (χ0v) is 21.8. The SMILES string of the molecule is CC(=O)O[C@@]12CO[C@@H]1C[C@H](O)[C@@]1(C)C(=O)[C@H](O)C3=C(C)[C@@H](O)C[C@](O)([C@@H]3C)[C@@H](OC(=O)c3ccccc3)[C@H]21. The fraction of sp³-hybridized carbons (Fsp3) is 0.607. The molecule has 10 atom stereocenters. The van der Waals surface area contributed by atoms with E-state index in [0.29, 0.717) is 5.57 Å². The van der Waals surface area contributed by atoms with Gasteiger partial charge in [0.25, 0.3) is 0 Å². The number of aliphatic hydroxyl groups is 4. The van der Waals surface area contributed by atoms with Gasteiger partial charge in [-0.05, 0) is 37.1 Å². The van der Waals surface area contributed by atoms with Crippen molar-refractivity contribution in [1.82, 2.24) is 0 Å². The fourth-order valence-electron chi connectivity index (χ4n) is 7.31. The molecule has 38 heavy (non-hydrogen) atoms. The van der Waals surface area contributed by atoms with E-state index in [1.807, 2.05) is 0 Å². The summed E-state index contributed by atoms with van der Waals surface area (Å²) < 4.78 is 17.6. The Bertz CT molecular complexity index is 1200. The first kappa shape index (κ1) is 27.0. The summed E-state index contributed by atoms with van der Waals surface area (Å²) in [6.45, 7) is 5.65. The van der Waals surface area contributed by atoms with Crippen LogP contribution in [0.1, 0.15) is 50.9 Å². The number of hydrogen-bond acceptors (Lipinski definition) is 10. The van der Waals surface area contributed by atoms with Gasteiger partial charge in [0.1, 0.15) is 23.9 Å². The number of Topliss-reactive ketones (excluding diaryl/α,β-unsaturated/α-hetero) is 1. The smallest absolute Gasteiger partial charge is 0.338 e. The molecule has 4 aliphatic rings. The van der Waals surface area contributed by atoms with Crippen LogP contribution in [0, 0.1) is 17.3 Å². The minimum Gasteiger partial charge on any atom is -0.455 e. The Balaban J connectivity index is 1.78. The number of aliphatic hydroxyl groups excluding tert-OH is 3. The molecule has 5 rings (SSSR count). The summed E-state index contributed by atoms with van der Waals surface area (Å²) >= 11 is 0. The normalized spacial score (nSPS) is 44.1. The van der Waals surface area contributed by atoms with Crippen LogP contribution < -0.4 is 0 Å². The molecule has 3 fully saturated rings. The Kier molecular flexibility index (Phi) is 6.35. The topological polar surface area (TPSA) is 160 Å². The third-order valence-electron chi connectivity index (χ3n) is 9.50. The standard InChI is InChI=1S/C28H34O10/c1-13-17(30)11-27(35)14(2)20(13)21(32)23(33)26(4)18(31)10-19-28(12-36-19,38-15(3)29)22(26)24(27)37-25(34)16-8-6-5-7-9-16/h5-9,14,17-19,21-22,24,30-32,35H,10-12H2,1-4H3/t14-,17+,18+,19-,21-,22+,24+,26-,27+,28+/m1/s1. The predicted molar refractivity (Wildman–Crippen MR) is 131 cm³/mol. The molecule has 1 aromatic rings. The van der Waals surface area contributed by atoms with Crippen molar-refractivity contribution in [1.29, 1.82) is 0 Å². The Morgan fingerprint density at radius 1 is 1.13 bits per heavy atom. The van der Waals surface area contributed by atoms with Crippen LogP contribution >= 0.6 is 0 Å². The molecule has 0 unspecified atom stereocenters. The summed E-state index contributed by atoms with van der Waals surface area (Å²) in [6, 6.07) is 8.08. The van der Waals surface area contributed by atoms with E-state index >= 15 is 0 Å². The van der Waals surface area contributed by atoms with Crippen molar-refractivity contribution in [3.8, 4) is 0 Å². The number of ether oxygens (including phenoxy) is 3. The van der Waals surface area contributed by atoms with E-state index in [2.05, 4.69) is 0 Å². The van der Waals surface area contributed by atoms with E-state index in [9.17, 15) is 34.8 Å².